The van der Waals surface area contributed by atoms with Crippen LogP contribution in [0.25, 0.3) is 0 Å². The SMILES string of the molecule is CCOC(=O)CCNC(=O)C(c1ccccc1C)N(CC)C(=O)C(Cc1ccccc1)NC(=O)OC(C)(C)C. The lowest BCUT2D eigenvalue weighted by molar-refractivity contribution is -0.144. The molecule has 3 amide bonds. The molecule has 2 rings (SSSR count). The molecule has 0 aliphatic heterocycles. The third-order valence-electron chi connectivity index (χ3n) is 5.87. The van der Waals surface area contributed by atoms with Gasteiger partial charge in [-0.2, -0.15) is 0 Å². The first kappa shape index (κ1) is 31.3. The maximum atomic E-state index is 14.1. The lowest BCUT2D eigenvalue weighted by Gasteiger charge is -2.34. The summed E-state index contributed by atoms with van der Waals surface area (Å²) >= 11 is 0. The zero-order valence-corrected chi connectivity index (χ0v) is 23.8. The highest BCUT2D eigenvalue weighted by Crippen LogP contribution is 2.26. The zero-order chi connectivity index (χ0) is 29.0. The Morgan fingerprint density at radius 3 is 2.18 bits per heavy atom. The van der Waals surface area contributed by atoms with Crippen molar-refractivity contribution >= 4 is 23.9 Å². The quantitative estimate of drug-likeness (QED) is 0.393. The molecule has 0 saturated carbocycles. The normalized spacial score (nSPS) is 12.6. The summed E-state index contributed by atoms with van der Waals surface area (Å²) in [6.07, 6.45) is -0.503. The first-order valence-electron chi connectivity index (χ1n) is 13.3. The van der Waals surface area contributed by atoms with Crippen LogP contribution >= 0.6 is 0 Å². The van der Waals surface area contributed by atoms with Gasteiger partial charge in [0.15, 0.2) is 0 Å². The van der Waals surface area contributed by atoms with Crippen molar-refractivity contribution in [2.45, 2.75) is 72.1 Å². The number of aryl methyl sites for hydroxylation is 1. The number of carbonyl (C=O) groups excluding carboxylic acids is 4. The van der Waals surface area contributed by atoms with E-state index in [2.05, 4.69) is 10.6 Å². The fraction of sp³-hybridized carbons (Fsp3) is 0.467. The predicted molar refractivity (Wildman–Crippen MR) is 149 cm³/mol. The molecular weight excluding hydrogens is 498 g/mol. The number of carbonyl (C=O) groups is 4. The Morgan fingerprint density at radius 2 is 1.59 bits per heavy atom. The van der Waals surface area contributed by atoms with Gasteiger partial charge in [-0.3, -0.25) is 14.4 Å². The van der Waals surface area contributed by atoms with Gasteiger partial charge in [0.2, 0.25) is 11.8 Å². The van der Waals surface area contributed by atoms with Gasteiger partial charge in [-0.15, -0.1) is 0 Å². The first-order valence-corrected chi connectivity index (χ1v) is 13.3. The number of ether oxygens (including phenoxy) is 2. The Labute approximate surface area is 231 Å². The van der Waals surface area contributed by atoms with Gasteiger partial charge in [-0.1, -0.05) is 54.6 Å². The average Bonchev–Trinajstić information content (AvgIpc) is 2.86. The summed E-state index contributed by atoms with van der Waals surface area (Å²) in [5.74, 6) is -1.28. The summed E-state index contributed by atoms with van der Waals surface area (Å²) in [5, 5.41) is 5.51. The van der Waals surface area contributed by atoms with Crippen LogP contribution in [0.4, 0.5) is 4.79 Å². The molecule has 2 aromatic rings. The number of hydrogen-bond donors (Lipinski definition) is 2. The number of amides is 3. The van der Waals surface area contributed by atoms with E-state index in [1.807, 2.05) is 49.4 Å². The molecule has 0 saturated heterocycles. The Balaban J connectivity index is 2.41. The van der Waals surface area contributed by atoms with E-state index < -0.39 is 41.6 Å². The Bertz CT molecular complexity index is 1110. The lowest BCUT2D eigenvalue weighted by Crippen LogP contribution is -2.54. The van der Waals surface area contributed by atoms with Crippen LogP contribution < -0.4 is 10.6 Å². The van der Waals surface area contributed by atoms with E-state index in [9.17, 15) is 19.2 Å². The second-order valence-corrected chi connectivity index (χ2v) is 10.1. The van der Waals surface area contributed by atoms with Gasteiger partial charge >= 0.3 is 12.1 Å². The number of esters is 1. The molecule has 0 fully saturated rings. The van der Waals surface area contributed by atoms with Crippen molar-refractivity contribution in [1.29, 1.82) is 0 Å². The van der Waals surface area contributed by atoms with Crippen molar-refractivity contribution in [3.63, 3.8) is 0 Å². The minimum absolute atomic E-state index is 0.0109. The number of likely N-dealkylation sites (N-methyl/N-ethyl adjacent to an activating group) is 1. The van der Waals surface area contributed by atoms with Crippen LogP contribution in [0.5, 0.6) is 0 Å². The molecule has 9 heteroatoms. The Morgan fingerprint density at radius 1 is 0.949 bits per heavy atom. The van der Waals surface area contributed by atoms with E-state index in [1.165, 1.54) is 4.90 Å². The largest absolute Gasteiger partial charge is 0.466 e. The molecule has 0 aliphatic carbocycles. The zero-order valence-electron chi connectivity index (χ0n) is 23.8. The fourth-order valence-corrected chi connectivity index (χ4v) is 4.13. The molecule has 9 nitrogen and oxygen atoms in total. The van der Waals surface area contributed by atoms with Crippen LogP contribution in [0.2, 0.25) is 0 Å². The molecule has 2 N–H and O–H groups in total. The monoisotopic (exact) mass is 539 g/mol. The van der Waals surface area contributed by atoms with E-state index in [1.54, 1.807) is 46.8 Å². The maximum absolute atomic E-state index is 14.1. The van der Waals surface area contributed by atoms with Crippen molar-refractivity contribution in [3.05, 3.63) is 71.3 Å². The minimum atomic E-state index is -0.985. The number of rotatable bonds is 12. The summed E-state index contributed by atoms with van der Waals surface area (Å²) < 4.78 is 10.4. The highest BCUT2D eigenvalue weighted by atomic mass is 16.6. The standard InChI is InChI=1S/C30H41N3O6/c1-7-33(26(23-17-13-12-14-21(23)3)27(35)31-19-18-25(34)38-8-2)28(36)24(20-22-15-10-9-11-16-22)32-29(37)39-30(4,5)6/h9-17,24,26H,7-8,18-20H2,1-6H3,(H,31,35)(H,32,37). The molecule has 0 heterocycles. The van der Waals surface area contributed by atoms with Crippen LogP contribution in [0.3, 0.4) is 0 Å². The number of hydrogen-bond acceptors (Lipinski definition) is 6. The second-order valence-electron chi connectivity index (χ2n) is 10.1. The molecule has 2 atom stereocenters. The molecule has 39 heavy (non-hydrogen) atoms. The summed E-state index contributed by atoms with van der Waals surface area (Å²) in [7, 11) is 0. The van der Waals surface area contributed by atoms with Crippen molar-refractivity contribution in [2.75, 3.05) is 19.7 Å². The summed E-state index contributed by atoms with van der Waals surface area (Å²) in [5.41, 5.74) is 1.57. The van der Waals surface area contributed by atoms with Crippen molar-refractivity contribution in [1.82, 2.24) is 15.5 Å². The topological polar surface area (TPSA) is 114 Å². The molecule has 2 unspecified atom stereocenters. The lowest BCUT2D eigenvalue weighted by atomic mass is 9.97. The van der Waals surface area contributed by atoms with Gasteiger partial charge < -0.3 is 25.0 Å². The maximum Gasteiger partial charge on any atom is 0.408 e. The molecular formula is C30H41N3O6. The van der Waals surface area contributed by atoms with Gasteiger partial charge in [0.1, 0.15) is 17.7 Å². The van der Waals surface area contributed by atoms with E-state index in [-0.39, 0.29) is 32.5 Å². The first-order chi connectivity index (χ1) is 18.5. The summed E-state index contributed by atoms with van der Waals surface area (Å²) in [6.45, 7) is 11.1. The fourth-order valence-electron chi connectivity index (χ4n) is 4.13. The molecule has 0 radical (unpaired) electrons. The highest BCUT2D eigenvalue weighted by Gasteiger charge is 2.36. The van der Waals surface area contributed by atoms with E-state index in [0.29, 0.717) is 5.56 Å². The third-order valence-corrected chi connectivity index (χ3v) is 5.87. The molecule has 212 valence electrons. The molecule has 0 spiro atoms. The Kier molecular flexibility index (Phi) is 12.0. The molecule has 0 aromatic heterocycles. The minimum Gasteiger partial charge on any atom is -0.466 e. The van der Waals surface area contributed by atoms with Crippen molar-refractivity contribution in [2.24, 2.45) is 0 Å². The van der Waals surface area contributed by atoms with E-state index in [4.69, 9.17) is 9.47 Å². The molecule has 2 aromatic carbocycles. The van der Waals surface area contributed by atoms with Gasteiger partial charge in [-0.25, -0.2) is 4.79 Å². The number of alkyl carbamates (subject to hydrolysis) is 1. The molecule has 0 aliphatic rings. The van der Waals surface area contributed by atoms with Gasteiger partial charge in [0, 0.05) is 19.5 Å². The average molecular weight is 540 g/mol. The van der Waals surface area contributed by atoms with E-state index >= 15 is 0 Å². The smallest absolute Gasteiger partial charge is 0.408 e. The van der Waals surface area contributed by atoms with E-state index in [0.717, 1.165) is 11.1 Å². The van der Waals surface area contributed by atoms with Crippen LogP contribution in [0.1, 0.15) is 63.8 Å². The Hall–Kier alpha value is -3.88. The van der Waals surface area contributed by atoms with Crippen molar-refractivity contribution in [3.8, 4) is 0 Å². The van der Waals surface area contributed by atoms with Crippen LogP contribution in [-0.2, 0) is 30.3 Å². The van der Waals surface area contributed by atoms with Gasteiger partial charge in [0.05, 0.1) is 13.0 Å². The third kappa shape index (κ3) is 10.1. The highest BCUT2D eigenvalue weighted by molar-refractivity contribution is 5.92. The predicted octanol–water partition coefficient (Wildman–Crippen LogP) is 4.09. The molecule has 0 bridgehead atoms. The van der Waals surface area contributed by atoms with Crippen LogP contribution in [0, 0.1) is 6.92 Å². The summed E-state index contributed by atoms with van der Waals surface area (Å²) in [6, 6.07) is 14.7. The van der Waals surface area contributed by atoms with Gasteiger partial charge in [0.25, 0.3) is 0 Å². The second kappa shape index (κ2) is 14.9. The van der Waals surface area contributed by atoms with Crippen LogP contribution in [-0.4, -0.2) is 60.1 Å². The van der Waals surface area contributed by atoms with Gasteiger partial charge in [-0.05, 0) is 58.2 Å². The van der Waals surface area contributed by atoms with Crippen LogP contribution in [0.15, 0.2) is 54.6 Å². The summed E-state index contributed by atoms with van der Waals surface area (Å²) in [4.78, 5) is 53.6. The van der Waals surface area contributed by atoms with Crippen molar-refractivity contribution < 1.29 is 28.7 Å². The number of benzene rings is 2. The number of nitrogens with zero attached hydrogens (tertiary/aromatic N) is 1. The number of nitrogens with one attached hydrogen (secondary N) is 2.